The standard InChI is InChI=1S/C16H17N3O3/c1-19(2)14-5-3-11(4-6-14)15(20)18-10-13-9-12(16(21)22)7-8-17-13/h3-9H,10H2,1-2H3,(H,18,20)(H,21,22). The minimum Gasteiger partial charge on any atom is -0.478 e. The Morgan fingerprint density at radius 1 is 1.14 bits per heavy atom. The molecule has 1 heterocycles. The highest BCUT2D eigenvalue weighted by molar-refractivity contribution is 5.94. The minimum absolute atomic E-state index is 0.148. The zero-order valence-corrected chi connectivity index (χ0v) is 12.4. The number of carboxylic acids is 1. The number of nitrogens with zero attached hydrogens (tertiary/aromatic N) is 2. The van der Waals surface area contributed by atoms with Crippen molar-refractivity contribution in [2.45, 2.75) is 6.54 Å². The number of carbonyl (C=O) groups is 2. The molecule has 0 atom stereocenters. The Bertz CT molecular complexity index is 681. The predicted octanol–water partition coefficient (Wildman–Crippen LogP) is 1.78. The maximum absolute atomic E-state index is 12.0. The van der Waals surface area contributed by atoms with Gasteiger partial charge in [-0.15, -0.1) is 0 Å². The van der Waals surface area contributed by atoms with Gasteiger partial charge in [-0.05, 0) is 36.4 Å². The fourth-order valence-corrected chi connectivity index (χ4v) is 1.89. The first kappa shape index (κ1) is 15.5. The fraction of sp³-hybridized carbons (Fsp3) is 0.188. The first-order chi connectivity index (χ1) is 10.5. The first-order valence-electron chi connectivity index (χ1n) is 6.71. The second kappa shape index (κ2) is 6.71. The van der Waals surface area contributed by atoms with Crippen molar-refractivity contribution in [3.63, 3.8) is 0 Å². The van der Waals surface area contributed by atoms with Gasteiger partial charge in [-0.25, -0.2) is 4.79 Å². The van der Waals surface area contributed by atoms with Crippen molar-refractivity contribution in [2.75, 3.05) is 19.0 Å². The lowest BCUT2D eigenvalue weighted by Crippen LogP contribution is -2.23. The van der Waals surface area contributed by atoms with Crippen LogP contribution in [0.15, 0.2) is 42.6 Å². The van der Waals surface area contributed by atoms with Crippen molar-refractivity contribution < 1.29 is 14.7 Å². The normalized spacial score (nSPS) is 10.1. The van der Waals surface area contributed by atoms with Crippen molar-refractivity contribution in [3.05, 3.63) is 59.4 Å². The van der Waals surface area contributed by atoms with Crippen molar-refractivity contribution in [3.8, 4) is 0 Å². The van der Waals surface area contributed by atoms with Gasteiger partial charge >= 0.3 is 5.97 Å². The van der Waals surface area contributed by atoms with Gasteiger partial charge in [0, 0.05) is 31.5 Å². The summed E-state index contributed by atoms with van der Waals surface area (Å²) in [6.45, 7) is 0.176. The molecule has 1 aromatic carbocycles. The summed E-state index contributed by atoms with van der Waals surface area (Å²) in [5, 5.41) is 11.6. The molecule has 1 amide bonds. The Morgan fingerprint density at radius 3 is 2.41 bits per heavy atom. The van der Waals surface area contributed by atoms with E-state index in [1.807, 2.05) is 31.1 Å². The fourth-order valence-electron chi connectivity index (χ4n) is 1.89. The van der Waals surface area contributed by atoms with Gasteiger partial charge < -0.3 is 15.3 Å². The Hall–Kier alpha value is -2.89. The summed E-state index contributed by atoms with van der Waals surface area (Å²) in [7, 11) is 3.85. The van der Waals surface area contributed by atoms with Gasteiger partial charge in [0.15, 0.2) is 0 Å². The number of amides is 1. The summed E-state index contributed by atoms with van der Waals surface area (Å²) in [6.07, 6.45) is 1.41. The summed E-state index contributed by atoms with van der Waals surface area (Å²) < 4.78 is 0. The predicted molar refractivity (Wildman–Crippen MR) is 83.1 cm³/mol. The SMILES string of the molecule is CN(C)c1ccc(C(=O)NCc2cc(C(=O)O)ccn2)cc1. The molecule has 0 radical (unpaired) electrons. The number of carbonyl (C=O) groups excluding carboxylic acids is 1. The highest BCUT2D eigenvalue weighted by Crippen LogP contribution is 2.12. The number of rotatable bonds is 5. The molecule has 0 fully saturated rings. The van der Waals surface area contributed by atoms with E-state index < -0.39 is 5.97 Å². The number of hydrogen-bond donors (Lipinski definition) is 2. The lowest BCUT2D eigenvalue weighted by Gasteiger charge is -2.12. The average molecular weight is 299 g/mol. The summed E-state index contributed by atoms with van der Waals surface area (Å²) in [6, 6.07) is 10.1. The monoisotopic (exact) mass is 299 g/mol. The van der Waals surface area contributed by atoms with Crippen LogP contribution >= 0.6 is 0 Å². The molecule has 0 aliphatic rings. The molecule has 2 rings (SSSR count). The van der Waals surface area contributed by atoms with Gasteiger partial charge in [0.05, 0.1) is 17.8 Å². The second-order valence-corrected chi connectivity index (χ2v) is 4.96. The summed E-state index contributed by atoms with van der Waals surface area (Å²) >= 11 is 0. The number of nitrogens with one attached hydrogen (secondary N) is 1. The summed E-state index contributed by atoms with van der Waals surface area (Å²) in [4.78, 5) is 28.9. The first-order valence-corrected chi connectivity index (χ1v) is 6.71. The third kappa shape index (κ3) is 3.82. The zero-order chi connectivity index (χ0) is 16.1. The molecular formula is C16H17N3O3. The molecule has 0 aliphatic carbocycles. The number of aromatic nitrogens is 1. The number of aromatic carboxylic acids is 1. The summed E-state index contributed by atoms with van der Waals surface area (Å²) in [5.41, 5.74) is 2.19. The zero-order valence-electron chi connectivity index (χ0n) is 12.4. The van der Waals surface area contributed by atoms with E-state index in [2.05, 4.69) is 10.3 Å². The molecule has 0 unspecified atom stereocenters. The van der Waals surface area contributed by atoms with E-state index in [1.54, 1.807) is 12.1 Å². The van der Waals surface area contributed by atoms with E-state index >= 15 is 0 Å². The topological polar surface area (TPSA) is 82.5 Å². The van der Waals surface area contributed by atoms with Crippen molar-refractivity contribution >= 4 is 17.6 Å². The van der Waals surface area contributed by atoms with Gasteiger partial charge in [0.1, 0.15) is 0 Å². The number of carboxylic acid groups (broad SMARTS) is 1. The van der Waals surface area contributed by atoms with E-state index in [0.29, 0.717) is 11.3 Å². The molecular weight excluding hydrogens is 282 g/mol. The Labute approximate surface area is 128 Å². The highest BCUT2D eigenvalue weighted by atomic mass is 16.4. The maximum atomic E-state index is 12.0. The van der Waals surface area contributed by atoms with Gasteiger partial charge in [-0.3, -0.25) is 9.78 Å². The van der Waals surface area contributed by atoms with E-state index in [0.717, 1.165) is 5.69 Å². The molecule has 2 N–H and O–H groups in total. The lowest BCUT2D eigenvalue weighted by molar-refractivity contribution is 0.0696. The average Bonchev–Trinajstić information content (AvgIpc) is 2.53. The molecule has 1 aromatic heterocycles. The maximum Gasteiger partial charge on any atom is 0.335 e. The summed E-state index contributed by atoms with van der Waals surface area (Å²) in [5.74, 6) is -1.25. The molecule has 0 bridgehead atoms. The molecule has 0 spiro atoms. The Balaban J connectivity index is 2.00. The smallest absolute Gasteiger partial charge is 0.335 e. The number of hydrogen-bond acceptors (Lipinski definition) is 4. The van der Waals surface area contributed by atoms with Crippen molar-refractivity contribution in [1.29, 1.82) is 0 Å². The Kier molecular flexibility index (Phi) is 4.73. The van der Waals surface area contributed by atoms with Crippen LogP contribution in [0.3, 0.4) is 0 Å². The van der Waals surface area contributed by atoms with Crippen LogP contribution < -0.4 is 10.2 Å². The molecule has 22 heavy (non-hydrogen) atoms. The van der Waals surface area contributed by atoms with Crippen molar-refractivity contribution in [2.24, 2.45) is 0 Å². The molecule has 0 saturated heterocycles. The van der Waals surface area contributed by atoms with Gasteiger partial charge in [-0.2, -0.15) is 0 Å². The van der Waals surface area contributed by atoms with Crippen molar-refractivity contribution in [1.82, 2.24) is 10.3 Å². The number of pyridine rings is 1. The van der Waals surface area contributed by atoms with Gasteiger partial charge in [0.2, 0.25) is 0 Å². The number of benzene rings is 1. The van der Waals surface area contributed by atoms with Crippen LogP contribution in [0.4, 0.5) is 5.69 Å². The molecule has 6 heteroatoms. The third-order valence-corrected chi connectivity index (χ3v) is 3.14. The van der Waals surface area contributed by atoms with Gasteiger partial charge in [-0.1, -0.05) is 0 Å². The van der Waals surface area contributed by atoms with E-state index in [1.165, 1.54) is 18.3 Å². The molecule has 2 aromatic rings. The molecule has 114 valence electrons. The molecule has 0 saturated carbocycles. The minimum atomic E-state index is -1.02. The molecule has 6 nitrogen and oxygen atoms in total. The molecule has 0 aliphatic heterocycles. The van der Waals surface area contributed by atoms with Crippen LogP contribution in [0.1, 0.15) is 26.4 Å². The van der Waals surface area contributed by atoms with Crippen LogP contribution in [-0.4, -0.2) is 36.1 Å². The van der Waals surface area contributed by atoms with Crippen LogP contribution in [0.2, 0.25) is 0 Å². The largest absolute Gasteiger partial charge is 0.478 e. The van der Waals surface area contributed by atoms with Crippen LogP contribution in [-0.2, 0) is 6.54 Å². The van der Waals surface area contributed by atoms with Crippen LogP contribution in [0.5, 0.6) is 0 Å². The Morgan fingerprint density at radius 2 is 1.82 bits per heavy atom. The second-order valence-electron chi connectivity index (χ2n) is 4.96. The van der Waals surface area contributed by atoms with E-state index in [9.17, 15) is 9.59 Å². The lowest BCUT2D eigenvalue weighted by atomic mass is 10.2. The van der Waals surface area contributed by atoms with E-state index in [4.69, 9.17) is 5.11 Å². The van der Waals surface area contributed by atoms with Crippen LogP contribution in [0.25, 0.3) is 0 Å². The van der Waals surface area contributed by atoms with Gasteiger partial charge in [0.25, 0.3) is 5.91 Å². The quantitative estimate of drug-likeness (QED) is 0.879. The van der Waals surface area contributed by atoms with Crippen LogP contribution in [0, 0.1) is 0 Å². The number of anilines is 1. The third-order valence-electron chi connectivity index (χ3n) is 3.14. The highest BCUT2D eigenvalue weighted by Gasteiger charge is 2.08. The van der Waals surface area contributed by atoms with E-state index in [-0.39, 0.29) is 18.0 Å².